The Morgan fingerprint density at radius 3 is 2.80 bits per heavy atom. The molecular weight excluding hydrogens is 204 g/mol. The van der Waals surface area contributed by atoms with E-state index in [1.807, 2.05) is 23.9 Å². The molecule has 1 aromatic carbocycles. The highest BCUT2D eigenvalue weighted by atomic mass is 32.2. The van der Waals surface area contributed by atoms with Gasteiger partial charge in [0, 0.05) is 11.8 Å². The van der Waals surface area contributed by atoms with Crippen LogP contribution in [0.15, 0.2) is 18.2 Å². The minimum absolute atomic E-state index is 0.504. The van der Waals surface area contributed by atoms with Crippen LogP contribution in [0, 0.1) is 6.92 Å². The van der Waals surface area contributed by atoms with Gasteiger partial charge < -0.3 is 11.1 Å². The SMILES string of the molecule is CCC(CSC)Nc1cc(C)ccc1N. The quantitative estimate of drug-likeness (QED) is 0.755. The van der Waals surface area contributed by atoms with Gasteiger partial charge in [0.1, 0.15) is 0 Å². The lowest BCUT2D eigenvalue weighted by atomic mass is 10.1. The third kappa shape index (κ3) is 3.67. The van der Waals surface area contributed by atoms with Crippen LogP contribution in [0.5, 0.6) is 0 Å². The van der Waals surface area contributed by atoms with E-state index >= 15 is 0 Å². The van der Waals surface area contributed by atoms with Gasteiger partial charge in [-0.1, -0.05) is 13.0 Å². The molecule has 2 nitrogen and oxygen atoms in total. The van der Waals surface area contributed by atoms with E-state index in [-0.39, 0.29) is 0 Å². The first-order valence-electron chi connectivity index (χ1n) is 5.29. The maximum Gasteiger partial charge on any atom is 0.0578 e. The maximum atomic E-state index is 5.92. The molecule has 1 unspecified atom stereocenters. The second kappa shape index (κ2) is 5.91. The maximum absolute atomic E-state index is 5.92. The summed E-state index contributed by atoms with van der Waals surface area (Å²) in [5, 5.41) is 3.49. The van der Waals surface area contributed by atoms with Crippen molar-refractivity contribution >= 4 is 23.1 Å². The van der Waals surface area contributed by atoms with Crippen molar-refractivity contribution in [3.8, 4) is 0 Å². The lowest BCUT2D eigenvalue weighted by Gasteiger charge is -2.18. The van der Waals surface area contributed by atoms with E-state index in [1.165, 1.54) is 5.56 Å². The minimum Gasteiger partial charge on any atom is -0.397 e. The average Bonchev–Trinajstić information content (AvgIpc) is 2.22. The Labute approximate surface area is 96.6 Å². The Balaban J connectivity index is 2.73. The lowest BCUT2D eigenvalue weighted by molar-refractivity contribution is 0.775. The molecule has 0 aliphatic carbocycles. The summed E-state index contributed by atoms with van der Waals surface area (Å²) in [7, 11) is 0. The van der Waals surface area contributed by atoms with Crippen LogP contribution in [0.2, 0.25) is 0 Å². The van der Waals surface area contributed by atoms with E-state index < -0.39 is 0 Å². The first-order chi connectivity index (χ1) is 7.17. The van der Waals surface area contributed by atoms with Crippen molar-refractivity contribution in [3.63, 3.8) is 0 Å². The molecular formula is C12H20N2S. The summed E-state index contributed by atoms with van der Waals surface area (Å²) in [6, 6.07) is 6.61. The molecule has 0 radical (unpaired) electrons. The van der Waals surface area contributed by atoms with E-state index in [1.54, 1.807) is 0 Å². The van der Waals surface area contributed by atoms with Gasteiger partial charge in [-0.05, 0) is 37.3 Å². The first-order valence-corrected chi connectivity index (χ1v) is 6.68. The predicted octanol–water partition coefficient (Wildman–Crippen LogP) is 3.13. The zero-order valence-corrected chi connectivity index (χ0v) is 10.5. The first kappa shape index (κ1) is 12.2. The zero-order valence-electron chi connectivity index (χ0n) is 9.71. The molecule has 0 aliphatic heterocycles. The van der Waals surface area contributed by atoms with Crippen molar-refractivity contribution < 1.29 is 0 Å². The van der Waals surface area contributed by atoms with Gasteiger partial charge in [-0.3, -0.25) is 0 Å². The number of hydrogen-bond donors (Lipinski definition) is 2. The summed E-state index contributed by atoms with van der Waals surface area (Å²) < 4.78 is 0. The molecule has 0 aromatic heterocycles. The van der Waals surface area contributed by atoms with Crippen LogP contribution in [0.4, 0.5) is 11.4 Å². The smallest absolute Gasteiger partial charge is 0.0578 e. The van der Waals surface area contributed by atoms with E-state index in [0.29, 0.717) is 6.04 Å². The summed E-state index contributed by atoms with van der Waals surface area (Å²) >= 11 is 1.86. The highest BCUT2D eigenvalue weighted by molar-refractivity contribution is 7.98. The number of nitrogen functional groups attached to an aromatic ring is 1. The molecule has 0 fully saturated rings. The largest absolute Gasteiger partial charge is 0.397 e. The normalized spacial score (nSPS) is 12.5. The van der Waals surface area contributed by atoms with Crippen LogP contribution in [0.3, 0.4) is 0 Å². The van der Waals surface area contributed by atoms with Crippen molar-refractivity contribution in [1.82, 2.24) is 0 Å². The Morgan fingerprint density at radius 1 is 1.47 bits per heavy atom. The summed E-state index contributed by atoms with van der Waals surface area (Å²) in [6.45, 7) is 4.28. The molecule has 0 aliphatic rings. The van der Waals surface area contributed by atoms with Gasteiger partial charge in [-0.25, -0.2) is 0 Å². The van der Waals surface area contributed by atoms with Gasteiger partial charge in [0.05, 0.1) is 11.4 Å². The highest BCUT2D eigenvalue weighted by Gasteiger charge is 2.07. The van der Waals surface area contributed by atoms with Gasteiger partial charge in [-0.15, -0.1) is 0 Å². The molecule has 0 saturated carbocycles. The Hall–Kier alpha value is -0.830. The van der Waals surface area contributed by atoms with Crippen molar-refractivity contribution in [1.29, 1.82) is 0 Å². The van der Waals surface area contributed by atoms with Gasteiger partial charge in [0.2, 0.25) is 0 Å². The highest BCUT2D eigenvalue weighted by Crippen LogP contribution is 2.21. The molecule has 84 valence electrons. The Kier molecular flexibility index (Phi) is 4.82. The number of nitrogens with one attached hydrogen (secondary N) is 1. The second-order valence-corrected chi connectivity index (χ2v) is 4.71. The van der Waals surface area contributed by atoms with E-state index in [0.717, 1.165) is 23.5 Å². The predicted molar refractivity (Wildman–Crippen MR) is 71.7 cm³/mol. The fraction of sp³-hybridized carbons (Fsp3) is 0.500. The van der Waals surface area contributed by atoms with Crippen molar-refractivity contribution in [2.75, 3.05) is 23.1 Å². The van der Waals surface area contributed by atoms with Crippen molar-refractivity contribution in [2.45, 2.75) is 26.3 Å². The number of rotatable bonds is 5. The summed E-state index contributed by atoms with van der Waals surface area (Å²) in [5.74, 6) is 1.11. The summed E-state index contributed by atoms with van der Waals surface area (Å²) in [4.78, 5) is 0. The topological polar surface area (TPSA) is 38.0 Å². The Bertz CT molecular complexity index is 312. The number of thioether (sulfide) groups is 1. The molecule has 0 heterocycles. The molecule has 1 aromatic rings. The zero-order chi connectivity index (χ0) is 11.3. The average molecular weight is 224 g/mol. The molecule has 0 spiro atoms. The fourth-order valence-electron chi connectivity index (χ4n) is 1.48. The number of anilines is 2. The van der Waals surface area contributed by atoms with Crippen LogP contribution < -0.4 is 11.1 Å². The lowest BCUT2D eigenvalue weighted by Crippen LogP contribution is -2.21. The van der Waals surface area contributed by atoms with Gasteiger partial charge in [0.25, 0.3) is 0 Å². The third-order valence-corrected chi connectivity index (χ3v) is 3.16. The summed E-state index contributed by atoms with van der Waals surface area (Å²) in [6.07, 6.45) is 3.25. The fourth-order valence-corrected chi connectivity index (χ4v) is 2.20. The number of nitrogens with two attached hydrogens (primary N) is 1. The van der Waals surface area contributed by atoms with Gasteiger partial charge in [0.15, 0.2) is 0 Å². The van der Waals surface area contributed by atoms with E-state index in [2.05, 4.69) is 31.5 Å². The molecule has 3 heteroatoms. The number of benzene rings is 1. The van der Waals surface area contributed by atoms with Crippen molar-refractivity contribution in [3.05, 3.63) is 23.8 Å². The third-order valence-electron chi connectivity index (χ3n) is 2.43. The van der Waals surface area contributed by atoms with Gasteiger partial charge in [-0.2, -0.15) is 11.8 Å². The molecule has 1 atom stereocenters. The van der Waals surface area contributed by atoms with Crippen LogP contribution in [-0.2, 0) is 0 Å². The van der Waals surface area contributed by atoms with Crippen molar-refractivity contribution in [2.24, 2.45) is 0 Å². The molecule has 3 N–H and O–H groups in total. The Morgan fingerprint density at radius 2 is 2.20 bits per heavy atom. The summed E-state index contributed by atoms with van der Waals surface area (Å²) in [5.41, 5.74) is 9.06. The van der Waals surface area contributed by atoms with Crippen LogP contribution in [0.1, 0.15) is 18.9 Å². The van der Waals surface area contributed by atoms with Gasteiger partial charge >= 0.3 is 0 Å². The molecule has 0 bridgehead atoms. The molecule has 1 rings (SSSR count). The van der Waals surface area contributed by atoms with E-state index in [4.69, 9.17) is 5.73 Å². The number of hydrogen-bond acceptors (Lipinski definition) is 3. The van der Waals surface area contributed by atoms with Crippen LogP contribution >= 0.6 is 11.8 Å². The minimum atomic E-state index is 0.504. The van der Waals surface area contributed by atoms with E-state index in [9.17, 15) is 0 Å². The second-order valence-electron chi connectivity index (χ2n) is 3.80. The number of aryl methyl sites for hydroxylation is 1. The van der Waals surface area contributed by atoms with Crippen LogP contribution in [0.25, 0.3) is 0 Å². The van der Waals surface area contributed by atoms with Crippen LogP contribution in [-0.4, -0.2) is 18.1 Å². The molecule has 0 amide bonds. The molecule has 15 heavy (non-hydrogen) atoms. The monoisotopic (exact) mass is 224 g/mol. The standard InChI is InChI=1S/C12H20N2S/c1-4-10(8-15-3)14-12-7-9(2)5-6-11(12)13/h5-7,10,14H,4,8,13H2,1-3H3. The molecule has 0 saturated heterocycles.